The molecule has 0 saturated carbocycles. The van der Waals surface area contributed by atoms with Crippen molar-refractivity contribution in [2.45, 2.75) is 32.7 Å². The van der Waals surface area contributed by atoms with Gasteiger partial charge in [0.2, 0.25) is 0 Å². The third-order valence-corrected chi connectivity index (χ3v) is 4.91. The van der Waals surface area contributed by atoms with Crippen molar-refractivity contribution in [3.8, 4) is 0 Å². The lowest BCUT2D eigenvalue weighted by Gasteiger charge is -2.15. The fourth-order valence-corrected chi connectivity index (χ4v) is 3.32. The van der Waals surface area contributed by atoms with E-state index in [1.165, 1.54) is 11.3 Å². The lowest BCUT2D eigenvalue weighted by molar-refractivity contribution is 0.648. The first-order valence-corrected chi connectivity index (χ1v) is 8.73. The van der Waals surface area contributed by atoms with Crippen molar-refractivity contribution in [1.82, 2.24) is 14.0 Å². The minimum absolute atomic E-state index is 0.00281. The van der Waals surface area contributed by atoms with Gasteiger partial charge < -0.3 is 4.57 Å². The van der Waals surface area contributed by atoms with Crippen LogP contribution in [0.2, 0.25) is 0 Å². The molecule has 126 valence electrons. The Morgan fingerprint density at radius 3 is 2.60 bits per heavy atom. The quantitative estimate of drug-likeness (QED) is 0.562. The van der Waals surface area contributed by atoms with E-state index in [4.69, 9.17) is 4.98 Å². The molecule has 0 aliphatic carbocycles. The number of benzene rings is 1. The molecule has 3 aromatic heterocycles. The smallest absolute Gasteiger partial charge is 0.267 e. The average molecular weight is 331 g/mol. The Balaban J connectivity index is 2.02. The van der Waals surface area contributed by atoms with Gasteiger partial charge in [-0.05, 0) is 36.1 Å². The third-order valence-electron chi connectivity index (χ3n) is 4.91. The molecular weight excluding hydrogens is 310 g/mol. The minimum atomic E-state index is -0.00281. The van der Waals surface area contributed by atoms with Gasteiger partial charge in [-0.3, -0.25) is 9.20 Å². The molecule has 1 atom stereocenters. The van der Waals surface area contributed by atoms with Gasteiger partial charge in [-0.1, -0.05) is 50.2 Å². The summed E-state index contributed by atoms with van der Waals surface area (Å²) in [6, 6.07) is 18.0. The monoisotopic (exact) mass is 331 g/mol. The van der Waals surface area contributed by atoms with Crippen LogP contribution in [-0.4, -0.2) is 14.0 Å². The molecule has 0 N–H and O–H groups in total. The molecule has 25 heavy (non-hydrogen) atoms. The summed E-state index contributed by atoms with van der Waals surface area (Å²) >= 11 is 0. The van der Waals surface area contributed by atoms with E-state index in [0.29, 0.717) is 17.0 Å². The summed E-state index contributed by atoms with van der Waals surface area (Å²) in [5.41, 5.74) is 3.83. The van der Waals surface area contributed by atoms with Gasteiger partial charge in [-0.15, -0.1) is 0 Å². The molecule has 4 nitrogen and oxygen atoms in total. The molecule has 0 amide bonds. The van der Waals surface area contributed by atoms with Crippen LogP contribution < -0.4 is 5.56 Å². The van der Waals surface area contributed by atoms with Crippen molar-refractivity contribution in [2.24, 2.45) is 0 Å². The van der Waals surface area contributed by atoms with Crippen LogP contribution in [0.5, 0.6) is 0 Å². The molecule has 0 fully saturated rings. The molecule has 0 bridgehead atoms. The fraction of sp³-hybridized carbons (Fsp3) is 0.238. The van der Waals surface area contributed by atoms with E-state index < -0.39 is 0 Å². The summed E-state index contributed by atoms with van der Waals surface area (Å²) in [6.45, 7) is 5.10. The standard InChI is InChI=1S/C21H21N3O/c1-3-15(2)18-13-17-20(24(18)14-16-9-5-4-6-10-16)22-19-11-7-8-12-23(19)21(17)25/h4-13,15H,3,14H2,1-2H3/t15-/m0/s1. The van der Waals surface area contributed by atoms with Crippen molar-refractivity contribution < 1.29 is 0 Å². The molecule has 0 radical (unpaired) electrons. The van der Waals surface area contributed by atoms with Gasteiger partial charge in [0.1, 0.15) is 11.3 Å². The second-order valence-corrected chi connectivity index (χ2v) is 6.53. The first kappa shape index (κ1) is 15.6. The Morgan fingerprint density at radius 2 is 1.84 bits per heavy atom. The van der Waals surface area contributed by atoms with E-state index in [2.05, 4.69) is 30.5 Å². The molecule has 0 unspecified atom stereocenters. The Kier molecular flexibility index (Phi) is 3.88. The largest absolute Gasteiger partial charge is 0.325 e. The lowest BCUT2D eigenvalue weighted by Crippen LogP contribution is -2.15. The Bertz CT molecular complexity index is 1090. The molecule has 0 spiro atoms. The highest BCUT2D eigenvalue weighted by Gasteiger charge is 2.18. The van der Waals surface area contributed by atoms with E-state index in [9.17, 15) is 4.79 Å². The molecule has 4 heteroatoms. The zero-order valence-corrected chi connectivity index (χ0v) is 14.5. The predicted octanol–water partition coefficient (Wildman–Crippen LogP) is 4.21. The zero-order valence-electron chi connectivity index (χ0n) is 14.5. The van der Waals surface area contributed by atoms with Crippen molar-refractivity contribution in [3.05, 3.63) is 82.4 Å². The van der Waals surface area contributed by atoms with Crippen LogP contribution in [0.25, 0.3) is 16.7 Å². The van der Waals surface area contributed by atoms with Gasteiger partial charge in [-0.25, -0.2) is 4.98 Å². The van der Waals surface area contributed by atoms with Gasteiger partial charge >= 0.3 is 0 Å². The minimum Gasteiger partial charge on any atom is -0.325 e. The number of rotatable bonds is 4. The molecule has 4 aromatic rings. The summed E-state index contributed by atoms with van der Waals surface area (Å²) in [5, 5.41) is 0.690. The van der Waals surface area contributed by atoms with E-state index >= 15 is 0 Å². The number of nitrogens with zero attached hydrogens (tertiary/aromatic N) is 3. The van der Waals surface area contributed by atoms with Gasteiger partial charge in [0.05, 0.1) is 5.39 Å². The summed E-state index contributed by atoms with van der Waals surface area (Å²) < 4.78 is 3.82. The van der Waals surface area contributed by atoms with Crippen LogP contribution in [-0.2, 0) is 6.54 Å². The highest BCUT2D eigenvalue weighted by molar-refractivity contribution is 5.79. The maximum absolute atomic E-state index is 12.9. The number of hydrogen-bond acceptors (Lipinski definition) is 2. The topological polar surface area (TPSA) is 39.3 Å². The SMILES string of the molecule is CC[C@H](C)c1cc2c(=O)n3ccccc3nc2n1Cc1ccccc1. The summed E-state index contributed by atoms with van der Waals surface area (Å²) in [7, 11) is 0. The third kappa shape index (κ3) is 2.64. The van der Waals surface area contributed by atoms with Crippen LogP contribution in [0.3, 0.4) is 0 Å². The average Bonchev–Trinajstić information content (AvgIpc) is 3.01. The van der Waals surface area contributed by atoms with Gasteiger partial charge in [0, 0.05) is 18.4 Å². The molecular formula is C21H21N3O. The Hall–Kier alpha value is -2.88. The van der Waals surface area contributed by atoms with Crippen molar-refractivity contribution in [1.29, 1.82) is 0 Å². The summed E-state index contributed by atoms with van der Waals surface area (Å²) in [5.74, 6) is 0.366. The van der Waals surface area contributed by atoms with Crippen LogP contribution in [0.1, 0.15) is 37.4 Å². The maximum atomic E-state index is 12.9. The van der Waals surface area contributed by atoms with Crippen LogP contribution >= 0.6 is 0 Å². The van der Waals surface area contributed by atoms with E-state index in [1.807, 2.05) is 42.5 Å². The highest BCUT2D eigenvalue weighted by atomic mass is 16.1. The number of fused-ring (bicyclic) bond motifs is 2. The second-order valence-electron chi connectivity index (χ2n) is 6.53. The molecule has 1 aromatic carbocycles. The van der Waals surface area contributed by atoms with Crippen molar-refractivity contribution in [3.63, 3.8) is 0 Å². The van der Waals surface area contributed by atoms with Gasteiger partial charge in [-0.2, -0.15) is 0 Å². The summed E-state index contributed by atoms with van der Waals surface area (Å²) in [4.78, 5) is 17.7. The molecule has 4 rings (SSSR count). The molecule has 0 aliphatic heterocycles. The lowest BCUT2D eigenvalue weighted by atomic mass is 10.0. The van der Waals surface area contributed by atoms with Gasteiger partial charge in [0.15, 0.2) is 0 Å². The Morgan fingerprint density at radius 1 is 1.08 bits per heavy atom. The first-order valence-electron chi connectivity index (χ1n) is 8.73. The van der Waals surface area contributed by atoms with Crippen LogP contribution in [0.15, 0.2) is 65.6 Å². The second kappa shape index (κ2) is 6.20. The van der Waals surface area contributed by atoms with Crippen molar-refractivity contribution in [2.75, 3.05) is 0 Å². The van der Waals surface area contributed by atoms with Crippen molar-refractivity contribution >= 4 is 16.7 Å². The van der Waals surface area contributed by atoms with Crippen LogP contribution in [0.4, 0.5) is 0 Å². The number of aromatic nitrogens is 3. The van der Waals surface area contributed by atoms with E-state index in [1.54, 1.807) is 10.6 Å². The first-order chi connectivity index (χ1) is 12.2. The highest BCUT2D eigenvalue weighted by Crippen LogP contribution is 2.26. The molecule has 0 aliphatic rings. The number of pyridine rings is 1. The summed E-state index contributed by atoms with van der Waals surface area (Å²) in [6.07, 6.45) is 2.80. The fourth-order valence-electron chi connectivity index (χ4n) is 3.32. The zero-order chi connectivity index (χ0) is 17.4. The van der Waals surface area contributed by atoms with Crippen LogP contribution in [0, 0.1) is 0 Å². The normalized spacial score (nSPS) is 12.7. The van der Waals surface area contributed by atoms with E-state index in [-0.39, 0.29) is 5.56 Å². The Labute approximate surface area is 146 Å². The van der Waals surface area contributed by atoms with E-state index in [0.717, 1.165) is 18.6 Å². The predicted molar refractivity (Wildman–Crippen MR) is 101 cm³/mol. The number of hydrogen-bond donors (Lipinski definition) is 0. The maximum Gasteiger partial charge on any atom is 0.267 e. The molecule has 3 heterocycles. The van der Waals surface area contributed by atoms with Gasteiger partial charge in [0.25, 0.3) is 5.56 Å². The molecule has 0 saturated heterocycles.